The second-order valence-corrected chi connectivity index (χ2v) is 9.73. The van der Waals surface area contributed by atoms with E-state index >= 15 is 0 Å². The summed E-state index contributed by atoms with van der Waals surface area (Å²) in [6.07, 6.45) is 4.42. The van der Waals surface area contributed by atoms with Crippen molar-refractivity contribution in [2.45, 2.75) is 52.0 Å². The zero-order chi connectivity index (χ0) is 22.9. The monoisotopic (exact) mass is 439 g/mol. The molecule has 0 spiro atoms. The van der Waals surface area contributed by atoms with Gasteiger partial charge in [0.2, 0.25) is 0 Å². The van der Waals surface area contributed by atoms with Crippen LogP contribution in [0.15, 0.2) is 65.6 Å². The highest BCUT2D eigenvalue weighted by Crippen LogP contribution is 2.37. The summed E-state index contributed by atoms with van der Waals surface area (Å²) in [5, 5.41) is 4.79. The second-order valence-electron chi connectivity index (χ2n) is 9.73. The third-order valence-electron chi connectivity index (χ3n) is 7.00. The van der Waals surface area contributed by atoms with Crippen LogP contribution in [0.2, 0.25) is 0 Å². The molecule has 5 rings (SSSR count). The number of aryl methyl sites for hydroxylation is 1. The summed E-state index contributed by atoms with van der Waals surface area (Å²) < 4.78 is 1.84. The Bertz CT molecular complexity index is 1320. The maximum absolute atomic E-state index is 12.9. The molecule has 3 heterocycles. The number of rotatable bonds is 5. The zero-order valence-corrected chi connectivity index (χ0v) is 19.8. The molecule has 1 fully saturated rings. The Balaban J connectivity index is 1.61. The minimum atomic E-state index is 0.0676. The van der Waals surface area contributed by atoms with Crippen molar-refractivity contribution >= 4 is 10.9 Å². The van der Waals surface area contributed by atoms with E-state index in [0.717, 1.165) is 35.5 Å². The molecule has 1 aliphatic heterocycles. The molecule has 2 aromatic carbocycles. The van der Waals surface area contributed by atoms with Crippen LogP contribution in [-0.2, 0) is 6.54 Å². The number of piperidine rings is 1. The van der Waals surface area contributed by atoms with Crippen LogP contribution in [0.5, 0.6) is 0 Å². The maximum Gasteiger partial charge on any atom is 0.253 e. The summed E-state index contributed by atoms with van der Waals surface area (Å²) in [5.74, 6) is 0.996. The van der Waals surface area contributed by atoms with Crippen molar-refractivity contribution in [2.75, 3.05) is 13.1 Å². The van der Waals surface area contributed by atoms with Gasteiger partial charge in [0, 0.05) is 28.2 Å². The van der Waals surface area contributed by atoms with E-state index in [9.17, 15) is 4.79 Å². The van der Waals surface area contributed by atoms with Crippen molar-refractivity contribution in [2.24, 2.45) is 0 Å². The molecule has 4 heteroatoms. The molecule has 0 saturated carbocycles. The predicted octanol–water partition coefficient (Wildman–Crippen LogP) is 5.94. The molecule has 170 valence electrons. The highest BCUT2D eigenvalue weighted by molar-refractivity contribution is 5.92. The van der Waals surface area contributed by atoms with Gasteiger partial charge in [0.15, 0.2) is 0 Å². The summed E-state index contributed by atoms with van der Waals surface area (Å²) >= 11 is 0. The van der Waals surface area contributed by atoms with Crippen LogP contribution in [0.25, 0.3) is 22.2 Å². The van der Waals surface area contributed by atoms with Gasteiger partial charge in [-0.05, 0) is 79.6 Å². The number of hydrogen-bond acceptors (Lipinski definition) is 2. The number of aromatic nitrogens is 2. The van der Waals surface area contributed by atoms with Gasteiger partial charge in [0.05, 0.1) is 12.2 Å². The fourth-order valence-electron chi connectivity index (χ4n) is 5.29. The van der Waals surface area contributed by atoms with Gasteiger partial charge in [-0.2, -0.15) is 0 Å². The summed E-state index contributed by atoms with van der Waals surface area (Å²) in [6.45, 7) is 9.21. The molecule has 1 aliphatic rings. The average molecular weight is 440 g/mol. The lowest BCUT2D eigenvalue weighted by atomic mass is 9.88. The number of hydrogen-bond donors (Lipinski definition) is 2. The maximum atomic E-state index is 12.9. The first kappa shape index (κ1) is 21.7. The average Bonchev–Trinajstić information content (AvgIpc) is 3.22. The molecular formula is C29H33N3O. The standard InChI is InChI=1S/C29H33N3O/c1-19(2)27-25-16-23(22-11-13-30-14-12-22)9-10-26(25)31-28(27)24-15-20(3)29(33)32(18-24)17-21-7-5-4-6-8-21/h4-10,15-16,18-19,22,30-31H,11-14,17H2,1-3H3. The molecular weight excluding hydrogens is 406 g/mol. The van der Waals surface area contributed by atoms with Gasteiger partial charge < -0.3 is 14.9 Å². The largest absolute Gasteiger partial charge is 0.354 e. The van der Waals surface area contributed by atoms with E-state index in [1.807, 2.05) is 42.0 Å². The van der Waals surface area contributed by atoms with Gasteiger partial charge in [-0.3, -0.25) is 4.79 Å². The highest BCUT2D eigenvalue weighted by atomic mass is 16.1. The van der Waals surface area contributed by atoms with Gasteiger partial charge in [-0.15, -0.1) is 0 Å². The minimum Gasteiger partial charge on any atom is -0.354 e. The van der Waals surface area contributed by atoms with Gasteiger partial charge in [-0.1, -0.05) is 50.2 Å². The van der Waals surface area contributed by atoms with Gasteiger partial charge >= 0.3 is 0 Å². The molecule has 0 atom stereocenters. The van der Waals surface area contributed by atoms with Crippen molar-refractivity contribution < 1.29 is 0 Å². The Labute approximate surface area is 195 Å². The number of aromatic amines is 1. The summed E-state index contributed by atoms with van der Waals surface area (Å²) in [7, 11) is 0. The molecule has 1 saturated heterocycles. The van der Waals surface area contributed by atoms with E-state index in [1.54, 1.807) is 0 Å². The normalized spacial score (nSPS) is 14.9. The van der Waals surface area contributed by atoms with Crippen molar-refractivity contribution in [3.63, 3.8) is 0 Å². The highest BCUT2D eigenvalue weighted by Gasteiger charge is 2.20. The van der Waals surface area contributed by atoms with Crippen molar-refractivity contribution in [1.82, 2.24) is 14.9 Å². The van der Waals surface area contributed by atoms with Gasteiger partial charge in [-0.25, -0.2) is 0 Å². The molecule has 0 radical (unpaired) electrons. The Morgan fingerprint density at radius 2 is 1.79 bits per heavy atom. The minimum absolute atomic E-state index is 0.0676. The van der Waals surface area contributed by atoms with Crippen molar-refractivity contribution in [3.8, 4) is 11.3 Å². The summed E-state index contributed by atoms with van der Waals surface area (Å²) in [6, 6.07) is 19.2. The molecule has 4 aromatic rings. The van der Waals surface area contributed by atoms with Gasteiger partial charge in [0.1, 0.15) is 0 Å². The predicted molar refractivity (Wildman–Crippen MR) is 137 cm³/mol. The first-order chi connectivity index (χ1) is 16.0. The molecule has 0 bridgehead atoms. The lowest BCUT2D eigenvalue weighted by Gasteiger charge is -2.23. The van der Waals surface area contributed by atoms with Crippen LogP contribution in [0.4, 0.5) is 0 Å². The van der Waals surface area contributed by atoms with E-state index < -0.39 is 0 Å². The van der Waals surface area contributed by atoms with Crippen LogP contribution < -0.4 is 10.9 Å². The fourth-order valence-corrected chi connectivity index (χ4v) is 5.29. The molecule has 2 N–H and O–H groups in total. The van der Waals surface area contributed by atoms with Crippen LogP contribution in [0, 0.1) is 6.92 Å². The third kappa shape index (κ3) is 4.28. The van der Waals surface area contributed by atoms with E-state index in [2.05, 4.69) is 54.5 Å². The van der Waals surface area contributed by atoms with Crippen molar-refractivity contribution in [1.29, 1.82) is 0 Å². The Morgan fingerprint density at radius 3 is 2.52 bits per heavy atom. The molecule has 0 unspecified atom stereocenters. The molecule has 0 aliphatic carbocycles. The summed E-state index contributed by atoms with van der Waals surface area (Å²) in [4.78, 5) is 16.6. The second kappa shape index (κ2) is 9.03. The van der Waals surface area contributed by atoms with E-state index in [1.165, 1.54) is 34.9 Å². The lowest BCUT2D eigenvalue weighted by molar-refractivity contribution is 0.460. The smallest absolute Gasteiger partial charge is 0.253 e. The Morgan fingerprint density at radius 1 is 1.03 bits per heavy atom. The van der Waals surface area contributed by atoms with Crippen LogP contribution in [0.1, 0.15) is 60.8 Å². The fraction of sp³-hybridized carbons (Fsp3) is 0.345. The third-order valence-corrected chi connectivity index (χ3v) is 7.00. The number of fused-ring (bicyclic) bond motifs is 1. The lowest BCUT2D eigenvalue weighted by Crippen LogP contribution is -2.26. The van der Waals surface area contributed by atoms with E-state index in [4.69, 9.17) is 0 Å². The van der Waals surface area contributed by atoms with Crippen LogP contribution in [0.3, 0.4) is 0 Å². The quantitative estimate of drug-likeness (QED) is 0.404. The SMILES string of the molecule is Cc1cc(-c2[nH]c3ccc(C4CCNCC4)cc3c2C(C)C)cn(Cc2ccccc2)c1=O. The van der Waals surface area contributed by atoms with E-state index in [0.29, 0.717) is 18.4 Å². The van der Waals surface area contributed by atoms with Crippen molar-refractivity contribution in [3.05, 3.63) is 93.4 Å². The first-order valence-electron chi connectivity index (χ1n) is 12.1. The Kier molecular flexibility index (Phi) is 5.94. The first-order valence-corrected chi connectivity index (χ1v) is 12.1. The van der Waals surface area contributed by atoms with Crippen LogP contribution in [-0.4, -0.2) is 22.6 Å². The number of nitrogens with one attached hydrogen (secondary N) is 2. The molecule has 4 nitrogen and oxygen atoms in total. The number of H-pyrrole nitrogens is 1. The number of nitrogens with zero attached hydrogens (tertiary/aromatic N) is 1. The number of pyridine rings is 1. The summed E-state index contributed by atoms with van der Waals surface area (Å²) in [5.41, 5.74) is 8.13. The van der Waals surface area contributed by atoms with Crippen LogP contribution >= 0.6 is 0 Å². The topological polar surface area (TPSA) is 49.8 Å². The molecule has 0 amide bonds. The molecule has 33 heavy (non-hydrogen) atoms. The van der Waals surface area contributed by atoms with E-state index in [-0.39, 0.29) is 5.56 Å². The zero-order valence-electron chi connectivity index (χ0n) is 19.8. The molecule has 2 aromatic heterocycles. The number of benzene rings is 2. The Hall–Kier alpha value is -3.11. The van der Waals surface area contributed by atoms with Gasteiger partial charge in [0.25, 0.3) is 5.56 Å².